The van der Waals surface area contributed by atoms with Gasteiger partial charge >= 0.3 is 0 Å². The number of carbonyl (C=O) groups excluding carboxylic acids is 1. The van der Waals surface area contributed by atoms with E-state index in [1.54, 1.807) is 16.7 Å². The number of fused-ring (bicyclic) bond motifs is 1. The van der Waals surface area contributed by atoms with Crippen LogP contribution in [0.2, 0.25) is 0 Å². The third-order valence-electron chi connectivity index (χ3n) is 2.54. The fourth-order valence-corrected chi connectivity index (χ4v) is 2.86. The first-order valence-corrected chi connectivity index (χ1v) is 7.42. The summed E-state index contributed by atoms with van der Waals surface area (Å²) < 4.78 is 2.38. The van der Waals surface area contributed by atoms with Gasteiger partial charge in [-0.25, -0.2) is 4.98 Å². The van der Waals surface area contributed by atoms with Crippen LogP contribution >= 0.6 is 27.7 Å². The number of hydrogen-bond donors (Lipinski definition) is 1. The number of aromatic nitrogens is 2. The van der Waals surface area contributed by atoms with E-state index in [1.165, 1.54) is 11.8 Å². The average Bonchev–Trinajstić information content (AvgIpc) is 2.37. The van der Waals surface area contributed by atoms with E-state index in [1.807, 2.05) is 13.0 Å². The SMILES string of the molecule is CCn1c(SCC(N)=O)nc2ccc(Br)cc2c1=O. The van der Waals surface area contributed by atoms with Gasteiger partial charge in [0.15, 0.2) is 5.16 Å². The minimum Gasteiger partial charge on any atom is -0.369 e. The molecule has 0 bridgehead atoms. The van der Waals surface area contributed by atoms with Crippen molar-refractivity contribution in [2.75, 3.05) is 5.75 Å². The molecule has 2 rings (SSSR count). The Morgan fingerprint density at radius 1 is 1.53 bits per heavy atom. The summed E-state index contributed by atoms with van der Waals surface area (Å²) in [6.07, 6.45) is 0. The first kappa shape index (κ1) is 14.1. The summed E-state index contributed by atoms with van der Waals surface area (Å²) in [4.78, 5) is 27.6. The van der Waals surface area contributed by atoms with Crippen LogP contribution in [-0.2, 0) is 11.3 Å². The highest BCUT2D eigenvalue weighted by atomic mass is 79.9. The molecule has 0 saturated carbocycles. The van der Waals surface area contributed by atoms with Crippen LogP contribution < -0.4 is 11.3 Å². The van der Waals surface area contributed by atoms with E-state index in [2.05, 4.69) is 20.9 Å². The molecule has 19 heavy (non-hydrogen) atoms. The highest BCUT2D eigenvalue weighted by molar-refractivity contribution is 9.10. The summed E-state index contributed by atoms with van der Waals surface area (Å²) in [5.41, 5.74) is 5.63. The Kier molecular flexibility index (Phi) is 4.26. The normalized spacial score (nSPS) is 10.8. The molecule has 7 heteroatoms. The molecule has 0 radical (unpaired) electrons. The van der Waals surface area contributed by atoms with Crippen molar-refractivity contribution in [3.63, 3.8) is 0 Å². The topological polar surface area (TPSA) is 78.0 Å². The number of nitrogens with zero attached hydrogens (tertiary/aromatic N) is 2. The zero-order valence-electron chi connectivity index (χ0n) is 10.2. The lowest BCUT2D eigenvalue weighted by Crippen LogP contribution is -2.23. The van der Waals surface area contributed by atoms with Crippen molar-refractivity contribution in [2.24, 2.45) is 5.73 Å². The first-order valence-electron chi connectivity index (χ1n) is 5.64. The minimum atomic E-state index is -0.433. The van der Waals surface area contributed by atoms with E-state index in [4.69, 9.17) is 5.73 Å². The Labute approximate surface area is 122 Å². The molecule has 1 aromatic heterocycles. The van der Waals surface area contributed by atoms with Gasteiger partial charge in [0.2, 0.25) is 5.91 Å². The molecule has 100 valence electrons. The molecule has 0 unspecified atom stereocenters. The first-order chi connectivity index (χ1) is 9.02. The predicted molar refractivity (Wildman–Crippen MR) is 79.3 cm³/mol. The van der Waals surface area contributed by atoms with Crippen molar-refractivity contribution >= 4 is 44.5 Å². The number of primary amides is 1. The fraction of sp³-hybridized carbons (Fsp3) is 0.250. The van der Waals surface area contributed by atoms with Crippen molar-refractivity contribution in [2.45, 2.75) is 18.6 Å². The summed E-state index contributed by atoms with van der Waals surface area (Å²) >= 11 is 4.52. The number of nitrogens with two attached hydrogens (primary N) is 1. The molecule has 1 amide bonds. The summed E-state index contributed by atoms with van der Waals surface area (Å²) in [6, 6.07) is 5.35. The largest absolute Gasteiger partial charge is 0.369 e. The summed E-state index contributed by atoms with van der Waals surface area (Å²) in [6.45, 7) is 2.36. The molecule has 2 N–H and O–H groups in total. The van der Waals surface area contributed by atoms with Gasteiger partial charge in [0.1, 0.15) is 0 Å². The van der Waals surface area contributed by atoms with Gasteiger partial charge in [-0.1, -0.05) is 27.7 Å². The summed E-state index contributed by atoms with van der Waals surface area (Å²) in [5, 5.41) is 1.07. The molecule has 0 saturated heterocycles. The van der Waals surface area contributed by atoms with Gasteiger partial charge in [0.05, 0.1) is 16.7 Å². The molecule has 1 aromatic carbocycles. The Hall–Kier alpha value is -1.34. The quantitative estimate of drug-likeness (QED) is 0.678. The maximum atomic E-state index is 12.3. The van der Waals surface area contributed by atoms with Crippen LogP contribution in [-0.4, -0.2) is 21.2 Å². The van der Waals surface area contributed by atoms with Crippen molar-refractivity contribution in [1.82, 2.24) is 9.55 Å². The van der Waals surface area contributed by atoms with Gasteiger partial charge < -0.3 is 5.73 Å². The summed E-state index contributed by atoms with van der Waals surface area (Å²) in [5.74, 6) is -0.327. The zero-order chi connectivity index (χ0) is 14.0. The van der Waals surface area contributed by atoms with E-state index in [0.717, 1.165) is 4.47 Å². The Balaban J connectivity index is 2.61. The van der Waals surface area contributed by atoms with Crippen LogP contribution in [0.25, 0.3) is 10.9 Å². The third-order valence-corrected chi connectivity index (χ3v) is 4.03. The third kappa shape index (κ3) is 2.98. The second-order valence-electron chi connectivity index (χ2n) is 3.86. The van der Waals surface area contributed by atoms with Crippen molar-refractivity contribution < 1.29 is 4.79 Å². The maximum Gasteiger partial charge on any atom is 0.262 e. The lowest BCUT2D eigenvalue weighted by Gasteiger charge is -2.10. The van der Waals surface area contributed by atoms with Gasteiger partial charge in [0, 0.05) is 11.0 Å². The molecule has 0 aliphatic rings. The molecule has 0 aliphatic carbocycles. The standard InChI is InChI=1S/C12H12BrN3O2S/c1-2-16-11(18)8-5-7(13)3-4-9(8)15-12(16)19-6-10(14)17/h3-5H,2,6H2,1H3,(H2,14,17). The van der Waals surface area contributed by atoms with Crippen LogP contribution in [0.15, 0.2) is 32.6 Å². The van der Waals surface area contributed by atoms with Crippen LogP contribution in [0, 0.1) is 0 Å². The number of amides is 1. The van der Waals surface area contributed by atoms with E-state index in [9.17, 15) is 9.59 Å². The Morgan fingerprint density at radius 3 is 2.89 bits per heavy atom. The lowest BCUT2D eigenvalue weighted by molar-refractivity contribution is -0.115. The molecular formula is C12H12BrN3O2S. The second-order valence-corrected chi connectivity index (χ2v) is 5.72. The fourth-order valence-electron chi connectivity index (χ4n) is 1.70. The molecule has 2 aromatic rings. The summed E-state index contributed by atoms with van der Waals surface area (Å²) in [7, 11) is 0. The zero-order valence-corrected chi connectivity index (χ0v) is 12.6. The van der Waals surface area contributed by atoms with Crippen LogP contribution in [0.3, 0.4) is 0 Å². The molecule has 0 aliphatic heterocycles. The van der Waals surface area contributed by atoms with Crippen LogP contribution in [0.1, 0.15) is 6.92 Å². The number of benzene rings is 1. The monoisotopic (exact) mass is 341 g/mol. The second kappa shape index (κ2) is 5.75. The number of carbonyl (C=O) groups is 1. The van der Waals surface area contributed by atoms with Crippen molar-refractivity contribution in [3.8, 4) is 0 Å². The number of thioether (sulfide) groups is 1. The van der Waals surface area contributed by atoms with Crippen LogP contribution in [0.5, 0.6) is 0 Å². The maximum absolute atomic E-state index is 12.3. The van der Waals surface area contributed by atoms with Crippen LogP contribution in [0.4, 0.5) is 0 Å². The highest BCUT2D eigenvalue weighted by Gasteiger charge is 2.11. The molecule has 0 spiro atoms. The average molecular weight is 342 g/mol. The van der Waals surface area contributed by atoms with Gasteiger partial charge in [0.25, 0.3) is 5.56 Å². The number of halogens is 1. The number of rotatable bonds is 4. The molecule has 1 heterocycles. The van der Waals surface area contributed by atoms with E-state index < -0.39 is 5.91 Å². The predicted octanol–water partition coefficient (Wildman–Crippen LogP) is 1.76. The van der Waals surface area contributed by atoms with Gasteiger partial charge in [-0.05, 0) is 25.1 Å². The highest BCUT2D eigenvalue weighted by Crippen LogP contribution is 2.20. The molecule has 5 nitrogen and oxygen atoms in total. The van der Waals surface area contributed by atoms with Gasteiger partial charge in [-0.2, -0.15) is 0 Å². The minimum absolute atomic E-state index is 0.106. The van der Waals surface area contributed by atoms with E-state index in [-0.39, 0.29) is 11.3 Å². The van der Waals surface area contributed by atoms with E-state index >= 15 is 0 Å². The number of hydrogen-bond acceptors (Lipinski definition) is 4. The Morgan fingerprint density at radius 2 is 2.26 bits per heavy atom. The van der Waals surface area contributed by atoms with Crippen molar-refractivity contribution in [3.05, 3.63) is 33.0 Å². The smallest absolute Gasteiger partial charge is 0.262 e. The van der Waals surface area contributed by atoms with Crippen molar-refractivity contribution in [1.29, 1.82) is 0 Å². The molecule has 0 atom stereocenters. The molecular weight excluding hydrogens is 330 g/mol. The Bertz CT molecular complexity index is 699. The van der Waals surface area contributed by atoms with Gasteiger partial charge in [-0.15, -0.1) is 0 Å². The molecule has 0 fully saturated rings. The van der Waals surface area contributed by atoms with E-state index in [0.29, 0.717) is 22.6 Å². The van der Waals surface area contributed by atoms with Gasteiger partial charge in [-0.3, -0.25) is 14.2 Å². The lowest BCUT2D eigenvalue weighted by atomic mass is 10.2.